The fourth-order valence-electron chi connectivity index (χ4n) is 4.80. The minimum Gasteiger partial charge on any atom is -0.494 e. The van der Waals surface area contributed by atoms with Crippen LogP contribution < -0.4 is 14.4 Å². The molecule has 40 heavy (non-hydrogen) atoms. The molecule has 1 amide bonds. The third-order valence-corrected chi connectivity index (χ3v) is 6.86. The number of nitrogens with zero attached hydrogens (tertiary/aromatic N) is 6. The Balaban J connectivity index is 0.00000181. The van der Waals surface area contributed by atoms with E-state index in [2.05, 4.69) is 29.7 Å². The van der Waals surface area contributed by atoms with Crippen LogP contribution in [0.1, 0.15) is 25.8 Å². The highest BCUT2D eigenvalue weighted by Gasteiger charge is 2.26. The molecule has 3 aliphatic heterocycles. The van der Waals surface area contributed by atoms with E-state index in [0.29, 0.717) is 98.6 Å². The van der Waals surface area contributed by atoms with Crippen molar-refractivity contribution in [3.8, 4) is 17.4 Å². The van der Waals surface area contributed by atoms with Gasteiger partial charge in [0.05, 0.1) is 43.5 Å². The summed E-state index contributed by atoms with van der Waals surface area (Å²) in [7, 11) is 3.26. The number of aromatic amines is 1. The van der Waals surface area contributed by atoms with Crippen LogP contribution in [0.25, 0.3) is 11.0 Å². The number of aromatic hydroxyl groups is 1. The Morgan fingerprint density at radius 2 is 1.85 bits per heavy atom. The molecule has 6 rings (SSSR count). The summed E-state index contributed by atoms with van der Waals surface area (Å²) in [5.41, 5.74) is 1.66. The van der Waals surface area contributed by atoms with Crippen LogP contribution in [0.4, 0.5) is 11.5 Å². The molecule has 1 saturated heterocycles. The van der Waals surface area contributed by atoms with E-state index in [9.17, 15) is 9.90 Å². The first-order valence-corrected chi connectivity index (χ1v) is 13.7. The average molecular weight is 554 g/mol. The molecule has 0 aliphatic carbocycles. The van der Waals surface area contributed by atoms with E-state index in [0.717, 1.165) is 6.42 Å². The zero-order valence-corrected chi connectivity index (χ0v) is 23.7. The van der Waals surface area contributed by atoms with Crippen molar-refractivity contribution >= 4 is 34.7 Å². The van der Waals surface area contributed by atoms with Crippen molar-refractivity contribution < 1.29 is 24.1 Å². The van der Waals surface area contributed by atoms with E-state index < -0.39 is 0 Å². The molecule has 0 saturated carbocycles. The minimum absolute atomic E-state index is 0.0358. The zero-order chi connectivity index (χ0) is 28.5. The first-order valence-electron chi connectivity index (χ1n) is 13.7. The first kappa shape index (κ1) is 29.1. The number of hydrogen-bond acceptors (Lipinski definition) is 10. The molecule has 0 atom stereocenters. The van der Waals surface area contributed by atoms with Crippen LogP contribution in [0.2, 0.25) is 0 Å². The van der Waals surface area contributed by atoms with Crippen molar-refractivity contribution in [3.05, 3.63) is 30.1 Å². The molecule has 3 aliphatic rings. The summed E-state index contributed by atoms with van der Waals surface area (Å²) >= 11 is 0. The van der Waals surface area contributed by atoms with E-state index in [-0.39, 0.29) is 11.8 Å². The summed E-state index contributed by atoms with van der Waals surface area (Å²) < 4.78 is 16.8. The third kappa shape index (κ3) is 6.62. The average Bonchev–Trinajstić information content (AvgIpc) is 3.32. The van der Waals surface area contributed by atoms with Crippen LogP contribution in [0.3, 0.4) is 0 Å². The van der Waals surface area contributed by atoms with Crippen LogP contribution in [0.5, 0.6) is 17.4 Å². The van der Waals surface area contributed by atoms with Gasteiger partial charge in [0.15, 0.2) is 17.4 Å². The second-order valence-electron chi connectivity index (χ2n) is 9.24. The smallest absolute Gasteiger partial charge is 0.236 e. The monoisotopic (exact) mass is 553 g/mol. The number of fused-ring (bicyclic) bond motifs is 8. The lowest BCUT2D eigenvalue weighted by Crippen LogP contribution is -2.51. The van der Waals surface area contributed by atoms with Gasteiger partial charge >= 0.3 is 0 Å². The number of nitrogens with one attached hydrogen (secondary N) is 1. The topological polar surface area (TPSA) is 129 Å². The Hall–Kier alpha value is -3.90. The summed E-state index contributed by atoms with van der Waals surface area (Å²) in [4.78, 5) is 35.7. The number of benzene rings is 1. The van der Waals surface area contributed by atoms with Gasteiger partial charge in [-0.25, -0.2) is 9.97 Å². The molecule has 216 valence electrons. The molecular weight excluding hydrogens is 514 g/mol. The number of piperazine rings is 1. The van der Waals surface area contributed by atoms with E-state index in [1.54, 1.807) is 32.6 Å². The number of aliphatic imine (C=N–C) groups is 1. The highest BCUT2D eigenvalue weighted by Crippen LogP contribution is 2.34. The molecule has 1 fully saturated rings. The van der Waals surface area contributed by atoms with E-state index in [4.69, 9.17) is 14.2 Å². The molecule has 4 bridgehead atoms. The van der Waals surface area contributed by atoms with Gasteiger partial charge < -0.3 is 34.1 Å². The lowest BCUT2D eigenvalue weighted by Gasteiger charge is -2.36. The molecule has 12 nitrogen and oxygen atoms in total. The van der Waals surface area contributed by atoms with Crippen molar-refractivity contribution in [2.45, 2.75) is 20.3 Å². The summed E-state index contributed by atoms with van der Waals surface area (Å²) in [6.45, 7) is 9.08. The minimum atomic E-state index is -0.0358. The molecule has 5 heterocycles. The van der Waals surface area contributed by atoms with Crippen molar-refractivity contribution in [2.24, 2.45) is 4.99 Å². The van der Waals surface area contributed by atoms with Crippen molar-refractivity contribution in [2.75, 3.05) is 78.1 Å². The third-order valence-electron chi connectivity index (χ3n) is 6.86. The van der Waals surface area contributed by atoms with Gasteiger partial charge in [-0.15, -0.1) is 0 Å². The number of ether oxygens (including phenoxy) is 3. The first-order chi connectivity index (χ1) is 19.6. The van der Waals surface area contributed by atoms with E-state index in [1.165, 1.54) is 6.33 Å². The number of amides is 1. The number of methoxy groups -OCH3 is 2. The second kappa shape index (κ2) is 13.9. The highest BCUT2D eigenvalue weighted by atomic mass is 16.5. The van der Waals surface area contributed by atoms with Crippen molar-refractivity contribution in [1.82, 2.24) is 24.8 Å². The van der Waals surface area contributed by atoms with Gasteiger partial charge in [-0.05, 0) is 18.6 Å². The molecule has 0 spiro atoms. The quantitative estimate of drug-likeness (QED) is 0.501. The number of aromatic nitrogens is 3. The Bertz CT molecular complexity index is 1300. The van der Waals surface area contributed by atoms with Crippen LogP contribution in [0, 0.1) is 0 Å². The number of rotatable bonds is 4. The van der Waals surface area contributed by atoms with Crippen LogP contribution >= 0.6 is 0 Å². The molecule has 2 N–H and O–H groups in total. The van der Waals surface area contributed by atoms with Gasteiger partial charge in [0.2, 0.25) is 5.91 Å². The van der Waals surface area contributed by atoms with Gasteiger partial charge in [0.1, 0.15) is 17.8 Å². The molecular formula is C28H39N7O5. The molecule has 1 aromatic carbocycles. The standard InChI is InChI=1S/C26H33N7O5.C2H6/c1-36-13-11-31-6-3-12-38-21-14-18(4-5-20(21)37-2)27-15-19-23-24(30-26(19)35)28-17-29-25(23)33-9-7-32(8-10-33)22(34)16-31;1-2/h4-5,14-15,17,35H,3,6-13,16H2,1-2H3,(H,28,29,30);1-2H3. The summed E-state index contributed by atoms with van der Waals surface area (Å²) in [5, 5.41) is 11.4. The Morgan fingerprint density at radius 1 is 1.07 bits per heavy atom. The normalized spacial score (nSPS) is 16.6. The summed E-state index contributed by atoms with van der Waals surface area (Å²) in [6, 6.07) is 5.43. The van der Waals surface area contributed by atoms with E-state index >= 15 is 0 Å². The molecule has 0 unspecified atom stereocenters. The molecule has 3 aromatic rings. The maximum atomic E-state index is 13.2. The number of hydrogen-bond donors (Lipinski definition) is 2. The SMILES string of the molecule is CC.COCCN1CCCOc2cc(ccc2OC)N=Cc2c(O)[nH]c3ncnc(c23)N2CCN(CC2)C(=O)C1. The van der Waals surface area contributed by atoms with Crippen molar-refractivity contribution in [3.63, 3.8) is 0 Å². The van der Waals surface area contributed by atoms with Gasteiger partial charge in [-0.3, -0.25) is 14.7 Å². The predicted octanol–water partition coefficient (Wildman–Crippen LogP) is 2.83. The lowest BCUT2D eigenvalue weighted by atomic mass is 10.2. The van der Waals surface area contributed by atoms with Gasteiger partial charge in [0.25, 0.3) is 0 Å². The van der Waals surface area contributed by atoms with Crippen LogP contribution in [-0.2, 0) is 9.53 Å². The zero-order valence-electron chi connectivity index (χ0n) is 23.7. The number of anilines is 1. The molecule has 0 radical (unpaired) electrons. The van der Waals surface area contributed by atoms with Crippen LogP contribution in [-0.4, -0.2) is 115 Å². The van der Waals surface area contributed by atoms with E-state index in [1.807, 2.05) is 24.8 Å². The Kier molecular flexibility index (Phi) is 10.1. The fraction of sp³-hybridized carbons (Fsp3) is 0.500. The van der Waals surface area contributed by atoms with Crippen molar-refractivity contribution in [1.29, 1.82) is 0 Å². The van der Waals surface area contributed by atoms with Gasteiger partial charge in [-0.2, -0.15) is 0 Å². The van der Waals surface area contributed by atoms with Crippen LogP contribution in [0.15, 0.2) is 29.5 Å². The Morgan fingerprint density at radius 3 is 2.60 bits per heavy atom. The predicted molar refractivity (Wildman–Crippen MR) is 154 cm³/mol. The largest absolute Gasteiger partial charge is 0.494 e. The second-order valence-corrected chi connectivity index (χ2v) is 9.24. The molecule has 2 aromatic heterocycles. The van der Waals surface area contributed by atoms with Gasteiger partial charge in [0, 0.05) is 58.7 Å². The maximum Gasteiger partial charge on any atom is 0.236 e. The Labute approximate surface area is 234 Å². The number of carbonyl (C=O) groups is 1. The number of carbonyl (C=O) groups excluding carboxylic acids is 1. The van der Waals surface area contributed by atoms with Gasteiger partial charge in [-0.1, -0.05) is 13.8 Å². The fourth-order valence-corrected chi connectivity index (χ4v) is 4.80. The highest BCUT2D eigenvalue weighted by molar-refractivity contribution is 6.06. The summed E-state index contributed by atoms with van der Waals surface area (Å²) in [5.74, 6) is 1.92. The summed E-state index contributed by atoms with van der Waals surface area (Å²) in [6.07, 6.45) is 3.81. The lowest BCUT2D eigenvalue weighted by molar-refractivity contribution is -0.132. The molecule has 12 heteroatoms. The number of H-pyrrole nitrogens is 1. The maximum absolute atomic E-state index is 13.2.